The molecule has 1 amide bonds. The Kier molecular flexibility index (Phi) is 5.07. The van der Waals surface area contributed by atoms with Crippen LogP contribution in [0.2, 0.25) is 0 Å². The fourth-order valence-electron chi connectivity index (χ4n) is 5.58. The number of amides is 1. The smallest absolute Gasteiger partial charge is 0.389 e. The van der Waals surface area contributed by atoms with Gasteiger partial charge in [-0.2, -0.15) is 0 Å². The molecule has 154 valence electrons. The number of hydrogen-bond acceptors (Lipinski definition) is 4. The molecule has 6 nitrogen and oxygen atoms in total. The lowest BCUT2D eigenvalue weighted by atomic mass is 9.89. The third-order valence-electron chi connectivity index (χ3n) is 7.43. The van der Waals surface area contributed by atoms with E-state index in [1.54, 1.807) is 12.5 Å². The van der Waals surface area contributed by atoms with Gasteiger partial charge in [0.2, 0.25) is 5.88 Å². The summed E-state index contributed by atoms with van der Waals surface area (Å²) in [6.07, 6.45) is 12.6. The molecule has 1 aromatic rings. The van der Waals surface area contributed by atoms with Gasteiger partial charge in [0, 0.05) is 39.8 Å². The van der Waals surface area contributed by atoms with Gasteiger partial charge in [-0.25, -0.2) is 9.78 Å². The Morgan fingerprint density at radius 2 is 1.86 bits per heavy atom. The molecule has 0 bridgehead atoms. The summed E-state index contributed by atoms with van der Waals surface area (Å²) >= 11 is 0. The Balaban J connectivity index is 1.18. The first-order chi connectivity index (χ1) is 13.7. The van der Waals surface area contributed by atoms with E-state index in [9.17, 15) is 4.79 Å². The van der Waals surface area contributed by atoms with Gasteiger partial charge >= 0.3 is 6.09 Å². The van der Waals surface area contributed by atoms with Crippen LogP contribution in [-0.4, -0.2) is 58.2 Å². The molecular weight excluding hydrogens is 352 g/mol. The molecule has 5 rings (SSSR count). The summed E-state index contributed by atoms with van der Waals surface area (Å²) in [5, 5.41) is 0. The maximum absolute atomic E-state index is 12.9. The first-order valence-corrected chi connectivity index (χ1v) is 11.3. The molecule has 3 aliphatic carbocycles. The monoisotopic (exact) mass is 386 g/mol. The van der Waals surface area contributed by atoms with Crippen molar-refractivity contribution in [3.63, 3.8) is 0 Å². The summed E-state index contributed by atoms with van der Waals surface area (Å²) < 4.78 is 7.43. The first-order valence-electron chi connectivity index (χ1n) is 11.3. The molecule has 2 unspecified atom stereocenters. The van der Waals surface area contributed by atoms with E-state index in [2.05, 4.69) is 9.88 Å². The highest BCUT2D eigenvalue weighted by molar-refractivity contribution is 5.70. The molecule has 6 heteroatoms. The number of aromatic nitrogens is 2. The second kappa shape index (κ2) is 7.69. The summed E-state index contributed by atoms with van der Waals surface area (Å²) in [6.45, 7) is 5.53. The SMILES string of the molecule is Cn1cnc(OC(=O)N(CC2CCCCC2)CC2C3CN(CC4CC4)CC32)c1. The number of carbonyl (C=O) groups excluding carboxylic acids is 1. The highest BCUT2D eigenvalue weighted by Crippen LogP contribution is 2.52. The lowest BCUT2D eigenvalue weighted by Gasteiger charge is -2.30. The highest BCUT2D eigenvalue weighted by Gasteiger charge is 2.56. The van der Waals surface area contributed by atoms with Crippen LogP contribution in [0.5, 0.6) is 5.88 Å². The zero-order valence-corrected chi connectivity index (χ0v) is 17.1. The number of nitrogens with zero attached hydrogens (tertiary/aromatic N) is 4. The Morgan fingerprint density at radius 3 is 2.50 bits per heavy atom. The second-order valence-corrected chi connectivity index (χ2v) is 9.81. The number of likely N-dealkylation sites (tertiary alicyclic amines) is 1. The van der Waals surface area contributed by atoms with E-state index in [0.29, 0.717) is 17.7 Å². The molecule has 1 saturated heterocycles. The van der Waals surface area contributed by atoms with Gasteiger partial charge in [0.25, 0.3) is 0 Å². The summed E-state index contributed by atoms with van der Waals surface area (Å²) in [4.78, 5) is 21.8. The van der Waals surface area contributed by atoms with Crippen LogP contribution in [0.4, 0.5) is 4.79 Å². The third kappa shape index (κ3) is 4.22. The Labute approximate surface area is 168 Å². The molecule has 2 atom stereocenters. The van der Waals surface area contributed by atoms with Gasteiger partial charge in [-0.05, 0) is 55.3 Å². The third-order valence-corrected chi connectivity index (χ3v) is 7.43. The minimum atomic E-state index is -0.205. The van der Waals surface area contributed by atoms with Crippen molar-refractivity contribution in [2.24, 2.45) is 36.6 Å². The number of hydrogen-bond donors (Lipinski definition) is 0. The quantitative estimate of drug-likeness (QED) is 0.721. The van der Waals surface area contributed by atoms with Crippen molar-refractivity contribution >= 4 is 6.09 Å². The van der Waals surface area contributed by atoms with Gasteiger partial charge in [-0.3, -0.25) is 0 Å². The molecule has 0 radical (unpaired) electrons. The van der Waals surface area contributed by atoms with Crippen molar-refractivity contribution in [1.82, 2.24) is 19.4 Å². The fraction of sp³-hybridized carbons (Fsp3) is 0.818. The molecule has 4 fully saturated rings. The van der Waals surface area contributed by atoms with Crippen molar-refractivity contribution in [2.45, 2.75) is 44.9 Å². The van der Waals surface area contributed by atoms with Crippen LogP contribution in [0.1, 0.15) is 44.9 Å². The molecule has 0 spiro atoms. The van der Waals surface area contributed by atoms with Gasteiger partial charge in [0.15, 0.2) is 0 Å². The molecule has 4 aliphatic rings. The molecule has 0 N–H and O–H groups in total. The average Bonchev–Trinajstić information content (AvgIpc) is 3.51. The highest BCUT2D eigenvalue weighted by atomic mass is 16.6. The van der Waals surface area contributed by atoms with Crippen LogP contribution in [0.3, 0.4) is 0 Å². The van der Waals surface area contributed by atoms with Gasteiger partial charge in [-0.1, -0.05) is 19.3 Å². The maximum atomic E-state index is 12.9. The second-order valence-electron chi connectivity index (χ2n) is 9.81. The van der Waals surface area contributed by atoms with Crippen LogP contribution in [0.15, 0.2) is 12.5 Å². The van der Waals surface area contributed by atoms with E-state index < -0.39 is 0 Å². The first kappa shape index (κ1) is 18.5. The van der Waals surface area contributed by atoms with E-state index in [1.165, 1.54) is 64.6 Å². The molecule has 1 aliphatic heterocycles. The molecule has 0 aromatic carbocycles. The standard InChI is InChI=1S/C22H34N4O2/c1-24-14-21(23-15-24)28-22(27)26(10-16-5-3-2-4-6-16)13-20-18-11-25(12-19(18)20)9-17-7-8-17/h14-20H,2-13H2,1H3. The van der Waals surface area contributed by atoms with Crippen LogP contribution in [-0.2, 0) is 7.05 Å². The zero-order chi connectivity index (χ0) is 19.1. The zero-order valence-electron chi connectivity index (χ0n) is 17.1. The van der Waals surface area contributed by atoms with Crippen LogP contribution in [0.25, 0.3) is 0 Å². The number of ether oxygens (including phenoxy) is 1. The largest absolute Gasteiger partial charge is 0.416 e. The van der Waals surface area contributed by atoms with Gasteiger partial charge in [0.1, 0.15) is 0 Å². The predicted octanol–water partition coefficient (Wildman–Crippen LogP) is 3.39. The lowest BCUT2D eigenvalue weighted by molar-refractivity contribution is 0.129. The van der Waals surface area contributed by atoms with E-state index in [-0.39, 0.29) is 6.09 Å². The lowest BCUT2D eigenvalue weighted by Crippen LogP contribution is -2.40. The number of carbonyl (C=O) groups is 1. The summed E-state index contributed by atoms with van der Waals surface area (Å²) in [5.41, 5.74) is 0. The maximum Gasteiger partial charge on any atom is 0.416 e. The van der Waals surface area contributed by atoms with Gasteiger partial charge in [0.05, 0.1) is 12.5 Å². The van der Waals surface area contributed by atoms with Crippen LogP contribution >= 0.6 is 0 Å². The number of rotatable bonds is 7. The van der Waals surface area contributed by atoms with Crippen molar-refractivity contribution in [1.29, 1.82) is 0 Å². The number of fused-ring (bicyclic) bond motifs is 1. The Morgan fingerprint density at radius 1 is 1.11 bits per heavy atom. The normalized spacial score (nSPS) is 30.2. The minimum absolute atomic E-state index is 0.205. The molecule has 1 aromatic heterocycles. The van der Waals surface area contributed by atoms with Crippen molar-refractivity contribution in [3.8, 4) is 5.88 Å². The molecule has 3 saturated carbocycles. The summed E-state index contributed by atoms with van der Waals surface area (Å²) in [5.74, 6) is 4.30. The van der Waals surface area contributed by atoms with Crippen LogP contribution in [0, 0.1) is 29.6 Å². The predicted molar refractivity (Wildman–Crippen MR) is 107 cm³/mol. The Bertz CT molecular complexity index is 682. The summed E-state index contributed by atoms with van der Waals surface area (Å²) in [7, 11) is 1.89. The van der Waals surface area contributed by atoms with Gasteiger partial charge in [-0.15, -0.1) is 0 Å². The van der Waals surface area contributed by atoms with Crippen molar-refractivity contribution in [2.75, 3.05) is 32.7 Å². The van der Waals surface area contributed by atoms with E-state index in [1.807, 2.05) is 16.5 Å². The van der Waals surface area contributed by atoms with E-state index in [0.717, 1.165) is 30.8 Å². The average molecular weight is 387 g/mol. The molecular formula is C22H34N4O2. The Hall–Kier alpha value is -1.56. The fourth-order valence-corrected chi connectivity index (χ4v) is 5.58. The molecule has 2 heterocycles. The van der Waals surface area contributed by atoms with Crippen LogP contribution < -0.4 is 4.74 Å². The van der Waals surface area contributed by atoms with Crippen molar-refractivity contribution in [3.05, 3.63) is 12.5 Å². The number of imidazole rings is 1. The van der Waals surface area contributed by atoms with Gasteiger partial charge < -0.3 is 19.1 Å². The number of aryl methyl sites for hydroxylation is 1. The summed E-state index contributed by atoms with van der Waals surface area (Å²) in [6, 6.07) is 0. The van der Waals surface area contributed by atoms with E-state index in [4.69, 9.17) is 4.74 Å². The van der Waals surface area contributed by atoms with Crippen molar-refractivity contribution < 1.29 is 9.53 Å². The minimum Gasteiger partial charge on any atom is -0.389 e. The van der Waals surface area contributed by atoms with E-state index >= 15 is 0 Å². The molecule has 28 heavy (non-hydrogen) atoms. The topological polar surface area (TPSA) is 50.6 Å². The number of piperidine rings is 1.